The Bertz CT molecular complexity index is 864. The van der Waals surface area contributed by atoms with E-state index < -0.39 is 0 Å². The number of benzene rings is 2. The molecule has 4 rings (SSSR count). The largest absolute Gasteiger partial charge is 0.495 e. The summed E-state index contributed by atoms with van der Waals surface area (Å²) in [6, 6.07) is 10.5. The SMILES string of the molecule is COc1ccc(Cl)c2c1N[C@H](c1ccc([N+](=O)[O-])cc1)C1CC=CC21. The molecule has 5 nitrogen and oxygen atoms in total. The second-order valence-corrected chi connectivity index (χ2v) is 6.77. The summed E-state index contributed by atoms with van der Waals surface area (Å²) < 4.78 is 5.52. The van der Waals surface area contributed by atoms with Crippen LogP contribution in [0.4, 0.5) is 11.4 Å². The van der Waals surface area contributed by atoms with Gasteiger partial charge in [0.15, 0.2) is 0 Å². The molecule has 0 saturated carbocycles. The van der Waals surface area contributed by atoms with Gasteiger partial charge in [-0.25, -0.2) is 0 Å². The maximum Gasteiger partial charge on any atom is 0.269 e. The highest BCUT2D eigenvalue weighted by molar-refractivity contribution is 6.32. The monoisotopic (exact) mass is 356 g/mol. The first kappa shape index (κ1) is 16.0. The van der Waals surface area contributed by atoms with Crippen molar-refractivity contribution in [1.29, 1.82) is 0 Å². The van der Waals surface area contributed by atoms with Crippen LogP contribution in [0, 0.1) is 16.0 Å². The minimum atomic E-state index is -0.379. The second kappa shape index (κ2) is 6.08. The van der Waals surface area contributed by atoms with E-state index in [1.807, 2.05) is 24.3 Å². The van der Waals surface area contributed by atoms with Crippen molar-refractivity contribution in [1.82, 2.24) is 0 Å². The molecule has 0 spiro atoms. The molecule has 0 saturated heterocycles. The van der Waals surface area contributed by atoms with E-state index in [1.165, 1.54) is 0 Å². The average molecular weight is 357 g/mol. The molecule has 1 N–H and O–H groups in total. The lowest BCUT2D eigenvalue weighted by Crippen LogP contribution is -2.29. The maximum atomic E-state index is 10.9. The molecule has 0 bridgehead atoms. The Morgan fingerprint density at radius 1 is 1.24 bits per heavy atom. The van der Waals surface area contributed by atoms with Gasteiger partial charge in [-0.15, -0.1) is 0 Å². The number of hydrogen-bond acceptors (Lipinski definition) is 4. The lowest BCUT2D eigenvalue weighted by Gasteiger charge is -2.38. The Morgan fingerprint density at radius 2 is 2.00 bits per heavy atom. The van der Waals surface area contributed by atoms with Gasteiger partial charge in [-0.05, 0) is 30.0 Å². The average Bonchev–Trinajstić information content (AvgIpc) is 3.11. The van der Waals surface area contributed by atoms with Crippen LogP contribution in [0.2, 0.25) is 5.02 Å². The number of anilines is 1. The van der Waals surface area contributed by atoms with E-state index in [-0.39, 0.29) is 22.6 Å². The van der Waals surface area contributed by atoms with Crippen molar-refractivity contribution in [3.8, 4) is 5.75 Å². The van der Waals surface area contributed by atoms with Crippen molar-refractivity contribution < 1.29 is 9.66 Å². The molecule has 0 radical (unpaired) electrons. The number of fused-ring (bicyclic) bond motifs is 3. The normalized spacial score (nSPS) is 23.5. The fourth-order valence-corrected chi connectivity index (χ4v) is 4.22. The smallest absolute Gasteiger partial charge is 0.269 e. The minimum absolute atomic E-state index is 0.0423. The van der Waals surface area contributed by atoms with E-state index in [0.717, 1.165) is 34.0 Å². The first-order chi connectivity index (χ1) is 12.1. The summed E-state index contributed by atoms with van der Waals surface area (Å²) in [6.45, 7) is 0. The van der Waals surface area contributed by atoms with Gasteiger partial charge in [-0.3, -0.25) is 10.1 Å². The predicted octanol–water partition coefficient (Wildman–Crippen LogP) is 5.08. The third-order valence-electron chi connectivity index (χ3n) is 5.11. The number of hydrogen-bond donors (Lipinski definition) is 1. The molecule has 0 aromatic heterocycles. The lowest BCUT2D eigenvalue weighted by atomic mass is 9.77. The van der Waals surface area contributed by atoms with Crippen molar-refractivity contribution in [2.24, 2.45) is 5.92 Å². The quantitative estimate of drug-likeness (QED) is 0.473. The molecular formula is C19H17ClN2O3. The van der Waals surface area contributed by atoms with E-state index in [9.17, 15) is 10.1 Å². The molecule has 2 aliphatic rings. The highest BCUT2D eigenvalue weighted by Crippen LogP contribution is 2.54. The van der Waals surface area contributed by atoms with Gasteiger partial charge >= 0.3 is 0 Å². The van der Waals surface area contributed by atoms with E-state index in [1.54, 1.807) is 19.2 Å². The zero-order valence-corrected chi connectivity index (χ0v) is 14.4. The number of methoxy groups -OCH3 is 1. The van der Waals surface area contributed by atoms with Crippen LogP contribution in [0.3, 0.4) is 0 Å². The fourth-order valence-electron chi connectivity index (χ4n) is 3.94. The van der Waals surface area contributed by atoms with Gasteiger partial charge in [0.2, 0.25) is 0 Å². The summed E-state index contributed by atoms with van der Waals surface area (Å²) in [5, 5.41) is 15.2. The van der Waals surface area contributed by atoms with Crippen molar-refractivity contribution in [3.63, 3.8) is 0 Å². The van der Waals surface area contributed by atoms with Crippen LogP contribution in [0.1, 0.15) is 29.5 Å². The number of non-ortho nitro benzene ring substituents is 1. The van der Waals surface area contributed by atoms with Gasteiger partial charge in [-0.1, -0.05) is 35.9 Å². The predicted molar refractivity (Wildman–Crippen MR) is 97.5 cm³/mol. The van der Waals surface area contributed by atoms with Crippen LogP contribution < -0.4 is 10.1 Å². The van der Waals surface area contributed by atoms with Crippen molar-refractivity contribution in [3.05, 3.63) is 74.8 Å². The molecule has 1 aliphatic carbocycles. The molecule has 3 atom stereocenters. The van der Waals surface area contributed by atoms with Crippen LogP contribution in [-0.4, -0.2) is 12.0 Å². The van der Waals surface area contributed by atoms with Gasteiger partial charge in [0.05, 0.1) is 23.8 Å². The molecule has 0 fully saturated rings. The molecule has 25 heavy (non-hydrogen) atoms. The lowest BCUT2D eigenvalue weighted by molar-refractivity contribution is -0.384. The van der Waals surface area contributed by atoms with Gasteiger partial charge in [0.25, 0.3) is 5.69 Å². The van der Waals surface area contributed by atoms with Crippen molar-refractivity contribution in [2.75, 3.05) is 12.4 Å². The van der Waals surface area contributed by atoms with E-state index >= 15 is 0 Å². The molecule has 2 unspecified atom stereocenters. The number of ether oxygens (including phenoxy) is 1. The third-order valence-corrected chi connectivity index (χ3v) is 5.44. The Labute approximate surface area is 150 Å². The Kier molecular flexibility index (Phi) is 3.88. The number of halogens is 1. The molecule has 1 heterocycles. The van der Waals surface area contributed by atoms with Crippen LogP contribution >= 0.6 is 11.6 Å². The van der Waals surface area contributed by atoms with Crippen LogP contribution in [-0.2, 0) is 0 Å². The first-order valence-corrected chi connectivity index (χ1v) is 8.52. The van der Waals surface area contributed by atoms with Crippen LogP contribution in [0.25, 0.3) is 0 Å². The summed E-state index contributed by atoms with van der Waals surface area (Å²) in [5.41, 5.74) is 3.10. The van der Waals surface area contributed by atoms with Crippen molar-refractivity contribution in [2.45, 2.75) is 18.4 Å². The molecule has 128 valence electrons. The highest BCUT2D eigenvalue weighted by Gasteiger charge is 2.40. The number of nitrogens with zero attached hydrogens (tertiary/aromatic N) is 1. The van der Waals surface area contributed by atoms with Crippen LogP contribution in [0.15, 0.2) is 48.6 Å². The van der Waals surface area contributed by atoms with Crippen LogP contribution in [0.5, 0.6) is 5.75 Å². The van der Waals surface area contributed by atoms with Gasteiger partial charge in [0, 0.05) is 28.6 Å². The molecule has 6 heteroatoms. The maximum absolute atomic E-state index is 10.9. The molecule has 1 aliphatic heterocycles. The zero-order chi connectivity index (χ0) is 17.6. The third kappa shape index (κ3) is 2.55. The number of rotatable bonds is 3. The Balaban J connectivity index is 1.79. The number of allylic oxidation sites excluding steroid dienone is 2. The summed E-state index contributed by atoms with van der Waals surface area (Å²) in [7, 11) is 1.64. The molecule has 2 aromatic carbocycles. The number of nitrogens with one attached hydrogen (secondary N) is 1. The second-order valence-electron chi connectivity index (χ2n) is 6.36. The number of nitro benzene ring substituents is 1. The van der Waals surface area contributed by atoms with Gasteiger partial charge in [0.1, 0.15) is 5.75 Å². The first-order valence-electron chi connectivity index (χ1n) is 8.14. The van der Waals surface area contributed by atoms with E-state index in [2.05, 4.69) is 17.5 Å². The molecule has 2 aromatic rings. The summed E-state index contributed by atoms with van der Waals surface area (Å²) >= 11 is 6.48. The summed E-state index contributed by atoms with van der Waals surface area (Å²) in [6.07, 6.45) is 5.32. The van der Waals surface area contributed by atoms with Crippen molar-refractivity contribution >= 4 is 23.0 Å². The summed E-state index contributed by atoms with van der Waals surface area (Å²) in [4.78, 5) is 10.5. The zero-order valence-electron chi connectivity index (χ0n) is 13.6. The fraction of sp³-hybridized carbons (Fsp3) is 0.263. The van der Waals surface area contributed by atoms with Gasteiger partial charge < -0.3 is 10.1 Å². The topological polar surface area (TPSA) is 64.4 Å². The van der Waals surface area contributed by atoms with Gasteiger partial charge in [-0.2, -0.15) is 0 Å². The van der Waals surface area contributed by atoms with E-state index in [0.29, 0.717) is 5.92 Å². The highest BCUT2D eigenvalue weighted by atomic mass is 35.5. The standard InChI is InChI=1S/C19H17ClN2O3/c1-25-16-10-9-15(20)17-13-3-2-4-14(13)18(21-19(16)17)11-5-7-12(8-6-11)22(23)24/h2-3,5-10,13-14,18,21H,4H2,1H3/t13?,14?,18-/m1/s1. The summed E-state index contributed by atoms with van der Waals surface area (Å²) in [5.74, 6) is 1.28. The minimum Gasteiger partial charge on any atom is -0.495 e. The Hall–Kier alpha value is -2.53. The molecule has 0 amide bonds. The number of nitro groups is 1. The molecular weight excluding hydrogens is 340 g/mol. The Morgan fingerprint density at radius 3 is 2.68 bits per heavy atom. The van der Waals surface area contributed by atoms with E-state index in [4.69, 9.17) is 16.3 Å².